The summed E-state index contributed by atoms with van der Waals surface area (Å²) in [6, 6.07) is -0.0860. The Balaban J connectivity index is 1.57. The summed E-state index contributed by atoms with van der Waals surface area (Å²) in [6.07, 6.45) is 6.63. The molecule has 14 heteroatoms. The van der Waals surface area contributed by atoms with Crippen LogP contribution in [0.4, 0.5) is 23.0 Å². The maximum absolute atomic E-state index is 13.9. The molecule has 0 atom stereocenters. The second-order valence-electron chi connectivity index (χ2n) is 6.62. The number of aromatic nitrogens is 3. The van der Waals surface area contributed by atoms with Crippen molar-refractivity contribution in [2.75, 3.05) is 11.9 Å². The van der Waals surface area contributed by atoms with Crippen LogP contribution in [0.1, 0.15) is 28.8 Å². The van der Waals surface area contributed by atoms with Crippen molar-refractivity contribution in [3.63, 3.8) is 0 Å². The molecule has 0 aliphatic carbocycles. The molecule has 0 saturated heterocycles. The van der Waals surface area contributed by atoms with Gasteiger partial charge in [-0.05, 0) is 30.4 Å². The Hall–Kier alpha value is -3.32. The number of aryl methyl sites for hydroxylation is 1. The molecule has 2 amide bonds. The number of nitrogens with zero attached hydrogens (tertiary/aromatic N) is 3. The molecule has 2 aromatic heterocycles. The van der Waals surface area contributed by atoms with E-state index in [9.17, 15) is 27.9 Å². The molecule has 0 saturated carbocycles. The zero-order valence-electron chi connectivity index (χ0n) is 16.8. The summed E-state index contributed by atoms with van der Waals surface area (Å²) in [5.41, 5.74) is -1.30. The third-order valence-corrected chi connectivity index (χ3v) is 5.37. The molecule has 176 valence electrons. The van der Waals surface area contributed by atoms with Gasteiger partial charge in [-0.25, -0.2) is 27.7 Å². The van der Waals surface area contributed by atoms with Crippen LogP contribution in [0.2, 0.25) is 5.02 Å². The molecule has 9 nitrogen and oxygen atoms in total. The summed E-state index contributed by atoms with van der Waals surface area (Å²) in [4.78, 5) is 27.6. The molecule has 0 aliphatic heterocycles. The molecule has 0 spiro atoms. The zero-order chi connectivity index (χ0) is 24.0. The molecule has 0 aliphatic rings. The number of carboxylic acid groups (broad SMARTS) is 1. The normalized spacial score (nSPS) is 10.8. The largest absolute Gasteiger partial charge is 0.477 e. The van der Waals surface area contributed by atoms with Gasteiger partial charge in [0.25, 0.3) is 0 Å². The van der Waals surface area contributed by atoms with Crippen molar-refractivity contribution < 1.29 is 32.6 Å². The van der Waals surface area contributed by atoms with Crippen molar-refractivity contribution in [1.29, 1.82) is 0 Å². The molecule has 3 rings (SSSR count). The van der Waals surface area contributed by atoms with Crippen molar-refractivity contribution in [2.24, 2.45) is 0 Å². The van der Waals surface area contributed by atoms with Crippen LogP contribution >= 0.6 is 23.1 Å². The van der Waals surface area contributed by atoms with Gasteiger partial charge in [-0.15, -0.1) is 0 Å². The Bertz CT molecular complexity index is 1140. The van der Waals surface area contributed by atoms with Crippen LogP contribution in [0, 0.1) is 17.5 Å². The number of imidazole rings is 1. The number of ether oxygens (including phenoxy) is 1. The number of hydrogen-bond donors (Lipinski definition) is 3. The van der Waals surface area contributed by atoms with E-state index in [2.05, 4.69) is 20.0 Å². The van der Waals surface area contributed by atoms with E-state index in [1.807, 2.05) is 10.8 Å². The molecule has 1 aromatic carbocycles. The third kappa shape index (κ3) is 6.14. The van der Waals surface area contributed by atoms with Gasteiger partial charge in [-0.3, -0.25) is 5.32 Å². The number of unbranched alkanes of at least 4 members (excludes halogenated alkanes) is 1. The van der Waals surface area contributed by atoms with Crippen LogP contribution in [0.25, 0.3) is 0 Å². The molecule has 0 unspecified atom stereocenters. The second-order valence-corrected chi connectivity index (χ2v) is 7.80. The first-order chi connectivity index (χ1) is 15.8. The first-order valence-corrected chi connectivity index (χ1v) is 10.6. The fourth-order valence-electron chi connectivity index (χ4n) is 2.71. The molecule has 3 aromatic rings. The number of carbonyl (C=O) groups excluding carboxylic acids is 1. The minimum absolute atomic E-state index is 0.142. The lowest BCUT2D eigenvalue weighted by molar-refractivity contribution is 0.0693. The number of hydrogen-bond acceptors (Lipinski definition) is 6. The van der Waals surface area contributed by atoms with Crippen molar-refractivity contribution in [3.8, 4) is 5.88 Å². The Kier molecular flexibility index (Phi) is 8.11. The van der Waals surface area contributed by atoms with Crippen molar-refractivity contribution >= 4 is 40.1 Å². The van der Waals surface area contributed by atoms with E-state index in [4.69, 9.17) is 16.3 Å². The van der Waals surface area contributed by atoms with E-state index in [1.165, 1.54) is 0 Å². The number of carboxylic acids is 1. The Labute approximate surface area is 194 Å². The number of carbonyl (C=O) groups is 2. The lowest BCUT2D eigenvalue weighted by atomic mass is 10.2. The fourth-order valence-corrected chi connectivity index (χ4v) is 3.61. The molecule has 33 heavy (non-hydrogen) atoms. The van der Waals surface area contributed by atoms with Gasteiger partial charge < -0.3 is 19.7 Å². The summed E-state index contributed by atoms with van der Waals surface area (Å²) in [6.45, 7) is 0.227. The van der Waals surface area contributed by atoms with Gasteiger partial charge >= 0.3 is 12.0 Å². The number of amides is 2. The Morgan fingerprint density at radius 1 is 1.24 bits per heavy atom. The van der Waals surface area contributed by atoms with Crippen LogP contribution in [0.15, 0.2) is 24.8 Å². The number of nitrogens with one attached hydrogen (secondary N) is 2. The van der Waals surface area contributed by atoms with Crippen LogP contribution in [-0.2, 0) is 13.2 Å². The zero-order valence-corrected chi connectivity index (χ0v) is 18.4. The number of anilines is 1. The lowest BCUT2D eigenvalue weighted by Gasteiger charge is -2.09. The van der Waals surface area contributed by atoms with Crippen molar-refractivity contribution in [1.82, 2.24) is 19.2 Å². The van der Waals surface area contributed by atoms with Crippen LogP contribution in [0.5, 0.6) is 5.88 Å². The highest BCUT2D eigenvalue weighted by atomic mass is 35.5. The van der Waals surface area contributed by atoms with Gasteiger partial charge in [0.15, 0.2) is 17.2 Å². The number of halogens is 4. The molecule has 0 radical (unpaired) electrons. The summed E-state index contributed by atoms with van der Waals surface area (Å²) in [5.74, 6) is -6.16. The number of rotatable bonds is 10. The maximum atomic E-state index is 13.9. The highest BCUT2D eigenvalue weighted by Gasteiger charge is 2.25. The van der Waals surface area contributed by atoms with Crippen LogP contribution in [0.3, 0.4) is 0 Å². The Morgan fingerprint density at radius 3 is 2.73 bits per heavy atom. The topological polar surface area (TPSA) is 118 Å². The lowest BCUT2D eigenvalue weighted by Crippen LogP contribution is -2.29. The van der Waals surface area contributed by atoms with E-state index in [1.54, 1.807) is 12.5 Å². The van der Waals surface area contributed by atoms with E-state index in [0.29, 0.717) is 30.6 Å². The third-order valence-electron chi connectivity index (χ3n) is 4.35. The summed E-state index contributed by atoms with van der Waals surface area (Å²) in [5, 5.41) is 13.5. The first kappa shape index (κ1) is 24.3. The average molecular weight is 504 g/mol. The highest BCUT2D eigenvalue weighted by molar-refractivity contribution is 7.11. The monoisotopic (exact) mass is 503 g/mol. The summed E-state index contributed by atoms with van der Waals surface area (Å²) < 4.78 is 52.2. The first-order valence-electron chi connectivity index (χ1n) is 9.46. The van der Waals surface area contributed by atoms with Gasteiger partial charge in [0.1, 0.15) is 17.4 Å². The smallest absolute Gasteiger partial charge is 0.344 e. The van der Waals surface area contributed by atoms with E-state index >= 15 is 0 Å². The minimum atomic E-state index is -1.56. The average Bonchev–Trinajstić information content (AvgIpc) is 3.42. The number of aromatic carboxylic acids is 1. The van der Waals surface area contributed by atoms with Crippen LogP contribution < -0.4 is 15.4 Å². The predicted octanol–water partition coefficient (Wildman–Crippen LogP) is 4.29. The van der Waals surface area contributed by atoms with Crippen molar-refractivity contribution in [2.45, 2.75) is 26.0 Å². The molecule has 3 N–H and O–H groups in total. The molecule has 0 fully saturated rings. The number of urea groups is 1. The Morgan fingerprint density at radius 2 is 2.03 bits per heavy atom. The van der Waals surface area contributed by atoms with E-state index in [0.717, 1.165) is 13.0 Å². The van der Waals surface area contributed by atoms with Crippen LogP contribution in [-0.4, -0.2) is 37.6 Å². The number of benzene rings is 1. The molecular formula is C19H17ClF3N5O4S. The maximum Gasteiger partial charge on any atom is 0.344 e. The summed E-state index contributed by atoms with van der Waals surface area (Å²) in [7, 11) is 0. The standard InChI is InChI=1S/C19H17ClF3N5O4S/c20-11-7-12(21)10(14(22)15(11)23)8-32-16-13(18(29)30)17(33-27-16)26-19(31)25-3-1-2-5-28-6-4-24-9-28/h4,6-7,9H,1-3,5,8H2,(H,29,30)(H2,25,26,31). The molecule has 0 bridgehead atoms. The highest BCUT2D eigenvalue weighted by Crippen LogP contribution is 2.32. The molecule has 2 heterocycles. The van der Waals surface area contributed by atoms with Gasteiger partial charge in [0, 0.05) is 25.5 Å². The fraction of sp³-hybridized carbons (Fsp3) is 0.263. The molecular weight excluding hydrogens is 487 g/mol. The van der Waals surface area contributed by atoms with Gasteiger partial charge in [-0.1, -0.05) is 11.6 Å². The SMILES string of the molecule is O=C(NCCCCn1ccnc1)Nc1snc(OCc2c(F)cc(Cl)c(F)c2F)c1C(=O)O. The quantitative estimate of drug-likeness (QED) is 0.216. The second kappa shape index (κ2) is 11.0. The van der Waals surface area contributed by atoms with E-state index < -0.39 is 58.1 Å². The van der Waals surface area contributed by atoms with Gasteiger partial charge in [-0.2, -0.15) is 4.37 Å². The van der Waals surface area contributed by atoms with Gasteiger partial charge in [0.2, 0.25) is 5.88 Å². The van der Waals surface area contributed by atoms with Crippen molar-refractivity contribution in [3.05, 3.63) is 58.4 Å². The predicted molar refractivity (Wildman–Crippen MR) is 113 cm³/mol. The van der Waals surface area contributed by atoms with Gasteiger partial charge in [0.05, 0.1) is 16.9 Å². The minimum Gasteiger partial charge on any atom is -0.477 e. The summed E-state index contributed by atoms with van der Waals surface area (Å²) >= 11 is 5.97. The van der Waals surface area contributed by atoms with E-state index in [-0.39, 0.29) is 5.00 Å².